The first kappa shape index (κ1) is 13.4. The molecule has 4 heteroatoms. The van der Waals surface area contributed by atoms with Crippen LogP contribution in [0.25, 0.3) is 0 Å². The maximum atomic E-state index is 9.37. The highest BCUT2D eigenvalue weighted by molar-refractivity contribution is 7.16. The standard InChI is InChI=1S/C16H13ClN2S/c17-14-7-3-1-5-11(14)10-19-16-13(9-18)12-6-2-4-8-15(12)20-16/h1,3,5,7,10H,2,4,6,8H2/b19-10+. The molecule has 1 heterocycles. The fraction of sp³-hybridized carbons (Fsp3) is 0.250. The molecule has 100 valence electrons. The molecule has 1 aromatic carbocycles. The second kappa shape index (κ2) is 5.78. The Morgan fingerprint density at radius 3 is 2.85 bits per heavy atom. The summed E-state index contributed by atoms with van der Waals surface area (Å²) in [4.78, 5) is 5.83. The molecule has 1 aromatic heterocycles. The van der Waals surface area contributed by atoms with E-state index in [1.807, 2.05) is 24.3 Å². The molecule has 0 aliphatic heterocycles. The second-order valence-electron chi connectivity index (χ2n) is 4.78. The first-order chi connectivity index (χ1) is 9.79. The summed E-state index contributed by atoms with van der Waals surface area (Å²) >= 11 is 7.76. The largest absolute Gasteiger partial charge is 0.244 e. The zero-order valence-corrected chi connectivity index (χ0v) is 12.5. The molecule has 0 saturated heterocycles. The van der Waals surface area contributed by atoms with Gasteiger partial charge in [0.25, 0.3) is 0 Å². The summed E-state index contributed by atoms with van der Waals surface area (Å²) in [7, 11) is 0. The SMILES string of the molecule is N#Cc1c(/N=C/c2ccccc2Cl)sc2c1CCCC2. The molecule has 0 saturated carbocycles. The molecule has 0 amide bonds. The summed E-state index contributed by atoms with van der Waals surface area (Å²) in [6.07, 6.45) is 6.23. The number of halogens is 1. The highest BCUT2D eigenvalue weighted by Crippen LogP contribution is 2.39. The van der Waals surface area contributed by atoms with Gasteiger partial charge in [-0.1, -0.05) is 29.8 Å². The van der Waals surface area contributed by atoms with Crippen molar-refractivity contribution in [3.8, 4) is 6.07 Å². The van der Waals surface area contributed by atoms with Gasteiger partial charge in [-0.2, -0.15) is 5.26 Å². The number of rotatable bonds is 2. The zero-order valence-electron chi connectivity index (χ0n) is 10.9. The van der Waals surface area contributed by atoms with Gasteiger partial charge in [0.15, 0.2) is 0 Å². The molecule has 0 spiro atoms. The van der Waals surface area contributed by atoms with Crippen molar-refractivity contribution < 1.29 is 0 Å². The normalized spacial score (nSPS) is 14.2. The third kappa shape index (κ3) is 2.49. The summed E-state index contributed by atoms with van der Waals surface area (Å²) < 4.78 is 0. The van der Waals surface area contributed by atoms with E-state index in [-0.39, 0.29) is 0 Å². The summed E-state index contributed by atoms with van der Waals surface area (Å²) in [5, 5.41) is 10.9. The van der Waals surface area contributed by atoms with Gasteiger partial charge in [-0.25, -0.2) is 4.99 Å². The monoisotopic (exact) mass is 300 g/mol. The van der Waals surface area contributed by atoms with Crippen LogP contribution in [0.3, 0.4) is 0 Å². The number of fused-ring (bicyclic) bond motifs is 1. The Bertz CT molecular complexity index is 710. The molecule has 20 heavy (non-hydrogen) atoms. The lowest BCUT2D eigenvalue weighted by molar-refractivity contribution is 0.696. The fourth-order valence-corrected chi connectivity index (χ4v) is 3.83. The molecule has 0 atom stereocenters. The summed E-state index contributed by atoms with van der Waals surface area (Å²) in [5.41, 5.74) is 2.85. The molecule has 1 aliphatic rings. The van der Waals surface area contributed by atoms with Crippen molar-refractivity contribution in [2.45, 2.75) is 25.7 Å². The van der Waals surface area contributed by atoms with E-state index in [2.05, 4.69) is 11.1 Å². The molecular weight excluding hydrogens is 288 g/mol. The van der Waals surface area contributed by atoms with E-state index in [1.54, 1.807) is 17.6 Å². The van der Waals surface area contributed by atoms with Crippen molar-refractivity contribution in [3.63, 3.8) is 0 Å². The third-order valence-electron chi connectivity index (χ3n) is 3.49. The Balaban J connectivity index is 1.97. The number of aryl methyl sites for hydroxylation is 1. The Morgan fingerprint density at radius 2 is 2.05 bits per heavy atom. The Labute approximate surface area is 127 Å². The van der Waals surface area contributed by atoms with Gasteiger partial charge in [0.2, 0.25) is 0 Å². The number of aliphatic imine (C=N–C) groups is 1. The molecule has 0 N–H and O–H groups in total. The summed E-state index contributed by atoms with van der Waals surface area (Å²) in [6.45, 7) is 0. The highest BCUT2D eigenvalue weighted by atomic mass is 35.5. The van der Waals surface area contributed by atoms with E-state index in [0.29, 0.717) is 5.02 Å². The van der Waals surface area contributed by atoms with E-state index < -0.39 is 0 Å². The van der Waals surface area contributed by atoms with Crippen molar-refractivity contribution in [2.75, 3.05) is 0 Å². The van der Waals surface area contributed by atoms with E-state index in [0.717, 1.165) is 29.0 Å². The van der Waals surface area contributed by atoms with Crippen molar-refractivity contribution in [1.29, 1.82) is 5.26 Å². The van der Waals surface area contributed by atoms with Crippen LogP contribution in [0.1, 0.15) is 34.4 Å². The van der Waals surface area contributed by atoms with Crippen molar-refractivity contribution >= 4 is 34.2 Å². The van der Waals surface area contributed by atoms with E-state index in [1.165, 1.54) is 23.3 Å². The second-order valence-corrected chi connectivity index (χ2v) is 6.27. The van der Waals surface area contributed by atoms with Gasteiger partial charge in [0.1, 0.15) is 11.1 Å². The van der Waals surface area contributed by atoms with Crippen molar-refractivity contribution in [2.24, 2.45) is 4.99 Å². The van der Waals surface area contributed by atoms with Crippen LogP contribution in [-0.2, 0) is 12.8 Å². The van der Waals surface area contributed by atoms with Gasteiger partial charge in [-0.05, 0) is 37.3 Å². The Morgan fingerprint density at radius 1 is 1.25 bits per heavy atom. The van der Waals surface area contributed by atoms with Crippen LogP contribution in [0.5, 0.6) is 0 Å². The predicted molar refractivity (Wildman–Crippen MR) is 84.4 cm³/mol. The first-order valence-electron chi connectivity index (χ1n) is 6.63. The van der Waals surface area contributed by atoms with Gasteiger partial charge in [0, 0.05) is 21.7 Å². The minimum absolute atomic E-state index is 0.677. The van der Waals surface area contributed by atoms with Crippen LogP contribution in [0.4, 0.5) is 5.00 Å². The highest BCUT2D eigenvalue weighted by Gasteiger charge is 2.20. The molecule has 0 fully saturated rings. The molecule has 2 aromatic rings. The van der Waals surface area contributed by atoms with E-state index >= 15 is 0 Å². The van der Waals surface area contributed by atoms with Crippen LogP contribution in [-0.4, -0.2) is 6.21 Å². The average Bonchev–Trinajstić information content (AvgIpc) is 2.84. The number of nitrogens with zero attached hydrogens (tertiary/aromatic N) is 2. The van der Waals surface area contributed by atoms with Crippen LogP contribution < -0.4 is 0 Å². The summed E-state index contributed by atoms with van der Waals surface area (Å²) in [5.74, 6) is 0. The van der Waals surface area contributed by atoms with Crippen LogP contribution in [0.15, 0.2) is 29.3 Å². The van der Waals surface area contributed by atoms with Crippen molar-refractivity contribution in [1.82, 2.24) is 0 Å². The predicted octanol–water partition coefficient (Wildman–Crippen LogP) is 4.90. The van der Waals surface area contributed by atoms with Crippen LogP contribution in [0.2, 0.25) is 5.02 Å². The van der Waals surface area contributed by atoms with Gasteiger partial charge >= 0.3 is 0 Å². The van der Waals surface area contributed by atoms with E-state index in [4.69, 9.17) is 11.6 Å². The minimum atomic E-state index is 0.677. The molecule has 0 radical (unpaired) electrons. The lowest BCUT2D eigenvalue weighted by Gasteiger charge is -2.09. The Kier molecular flexibility index (Phi) is 3.86. The maximum absolute atomic E-state index is 9.37. The van der Waals surface area contributed by atoms with Gasteiger partial charge in [0.05, 0.1) is 5.56 Å². The first-order valence-corrected chi connectivity index (χ1v) is 7.82. The summed E-state index contributed by atoms with van der Waals surface area (Å²) in [6, 6.07) is 9.90. The quantitative estimate of drug-likeness (QED) is 0.726. The number of thiophene rings is 1. The molecule has 1 aliphatic carbocycles. The minimum Gasteiger partial charge on any atom is -0.244 e. The lowest BCUT2D eigenvalue weighted by atomic mass is 9.96. The number of nitriles is 1. The average molecular weight is 301 g/mol. The fourth-order valence-electron chi connectivity index (χ4n) is 2.47. The van der Waals surface area contributed by atoms with Crippen molar-refractivity contribution in [3.05, 3.63) is 50.9 Å². The smallest absolute Gasteiger partial charge is 0.134 e. The van der Waals surface area contributed by atoms with Gasteiger partial charge in [-0.15, -0.1) is 11.3 Å². The number of hydrogen-bond donors (Lipinski definition) is 0. The van der Waals surface area contributed by atoms with Gasteiger partial charge in [-0.3, -0.25) is 0 Å². The maximum Gasteiger partial charge on any atom is 0.134 e. The number of benzene rings is 1. The van der Waals surface area contributed by atoms with Crippen LogP contribution in [0, 0.1) is 11.3 Å². The Hall–Kier alpha value is -1.63. The lowest BCUT2D eigenvalue weighted by Crippen LogP contribution is -1.99. The van der Waals surface area contributed by atoms with Gasteiger partial charge < -0.3 is 0 Å². The third-order valence-corrected chi connectivity index (χ3v) is 5.03. The molecule has 2 nitrogen and oxygen atoms in total. The van der Waals surface area contributed by atoms with Crippen LogP contribution >= 0.6 is 22.9 Å². The molecule has 0 unspecified atom stereocenters. The number of hydrogen-bond acceptors (Lipinski definition) is 3. The molecule has 0 bridgehead atoms. The van der Waals surface area contributed by atoms with E-state index in [9.17, 15) is 5.26 Å². The molecular formula is C16H13ClN2S. The zero-order chi connectivity index (χ0) is 13.9. The topological polar surface area (TPSA) is 36.1 Å². The molecule has 3 rings (SSSR count).